The number of rotatable bonds is 2. The van der Waals surface area contributed by atoms with Crippen LogP contribution in [0, 0.1) is 5.82 Å². The second-order valence-electron chi connectivity index (χ2n) is 4.85. The number of hydrogen-bond acceptors (Lipinski definition) is 3. The van der Waals surface area contributed by atoms with Crippen LogP contribution in [0.1, 0.15) is 0 Å². The Labute approximate surface area is 123 Å². The van der Waals surface area contributed by atoms with Crippen LogP contribution < -0.4 is 5.76 Å². The Balaban J connectivity index is 2.05. The summed E-state index contributed by atoms with van der Waals surface area (Å²) in [5.41, 5.74) is 3.04. The molecular formula is C16H10FN3O2. The van der Waals surface area contributed by atoms with Crippen LogP contribution >= 0.6 is 0 Å². The third-order valence-electron chi connectivity index (χ3n) is 3.49. The van der Waals surface area contributed by atoms with Crippen molar-refractivity contribution in [3.05, 3.63) is 64.9 Å². The molecule has 0 aliphatic heterocycles. The van der Waals surface area contributed by atoms with Crippen molar-refractivity contribution < 1.29 is 8.81 Å². The third kappa shape index (κ3) is 1.93. The monoisotopic (exact) mass is 295 g/mol. The van der Waals surface area contributed by atoms with Gasteiger partial charge in [-0.1, -0.05) is 18.2 Å². The van der Waals surface area contributed by atoms with Gasteiger partial charge < -0.3 is 9.40 Å². The fourth-order valence-electron chi connectivity index (χ4n) is 2.53. The van der Waals surface area contributed by atoms with E-state index in [1.54, 1.807) is 12.1 Å². The third-order valence-corrected chi connectivity index (χ3v) is 3.49. The summed E-state index contributed by atoms with van der Waals surface area (Å²) < 4.78 is 18.3. The SMILES string of the molecule is O=c1[nH]nc(-c2c(-c3ccc(F)cc3)[nH]c3ccccc23)o1. The molecule has 0 saturated carbocycles. The van der Waals surface area contributed by atoms with Crippen molar-refractivity contribution in [1.82, 2.24) is 15.2 Å². The number of para-hydroxylation sites is 1. The first-order valence-electron chi connectivity index (χ1n) is 6.65. The number of fused-ring (bicyclic) bond motifs is 1. The molecule has 0 spiro atoms. The van der Waals surface area contributed by atoms with Gasteiger partial charge in [0, 0.05) is 10.9 Å². The summed E-state index contributed by atoms with van der Waals surface area (Å²) in [6.45, 7) is 0. The van der Waals surface area contributed by atoms with Crippen molar-refractivity contribution in [2.24, 2.45) is 0 Å². The Kier molecular flexibility index (Phi) is 2.69. The van der Waals surface area contributed by atoms with E-state index in [1.165, 1.54) is 12.1 Å². The molecule has 22 heavy (non-hydrogen) atoms. The molecule has 5 nitrogen and oxygen atoms in total. The standard InChI is InChI=1S/C16H10FN3O2/c17-10-7-5-9(6-8-10)14-13(15-19-20-16(21)22-15)11-3-1-2-4-12(11)18-14/h1-8,18H,(H,20,21). The van der Waals surface area contributed by atoms with Gasteiger partial charge in [-0.2, -0.15) is 0 Å². The second-order valence-corrected chi connectivity index (χ2v) is 4.85. The van der Waals surface area contributed by atoms with Crippen LogP contribution in [-0.2, 0) is 0 Å². The Morgan fingerprint density at radius 2 is 1.82 bits per heavy atom. The number of benzene rings is 2. The zero-order valence-corrected chi connectivity index (χ0v) is 11.3. The van der Waals surface area contributed by atoms with Gasteiger partial charge in [0.25, 0.3) is 5.89 Å². The Hall–Kier alpha value is -3.15. The van der Waals surface area contributed by atoms with Gasteiger partial charge >= 0.3 is 5.76 Å². The van der Waals surface area contributed by atoms with Gasteiger partial charge in [0.05, 0.1) is 11.3 Å². The van der Waals surface area contributed by atoms with Crippen LogP contribution in [0.5, 0.6) is 0 Å². The van der Waals surface area contributed by atoms with Gasteiger partial charge in [-0.05, 0) is 35.9 Å². The maximum atomic E-state index is 13.1. The molecule has 0 aliphatic carbocycles. The normalized spacial score (nSPS) is 11.1. The molecule has 0 amide bonds. The summed E-state index contributed by atoms with van der Waals surface area (Å²) in [6, 6.07) is 13.7. The highest BCUT2D eigenvalue weighted by Crippen LogP contribution is 2.36. The lowest BCUT2D eigenvalue weighted by molar-refractivity contribution is 0.527. The van der Waals surface area contributed by atoms with E-state index >= 15 is 0 Å². The molecule has 0 bridgehead atoms. The van der Waals surface area contributed by atoms with Crippen molar-refractivity contribution in [3.8, 4) is 22.7 Å². The van der Waals surface area contributed by atoms with E-state index in [9.17, 15) is 9.18 Å². The number of nitrogens with one attached hydrogen (secondary N) is 2. The molecule has 0 atom stereocenters. The van der Waals surface area contributed by atoms with Crippen molar-refractivity contribution in [1.29, 1.82) is 0 Å². The predicted octanol–water partition coefficient (Wildman–Crippen LogP) is 3.32. The molecule has 0 unspecified atom stereocenters. The van der Waals surface area contributed by atoms with Crippen molar-refractivity contribution in [2.45, 2.75) is 0 Å². The lowest BCUT2D eigenvalue weighted by Crippen LogP contribution is -1.93. The fourth-order valence-corrected chi connectivity index (χ4v) is 2.53. The lowest BCUT2D eigenvalue weighted by atomic mass is 10.1. The maximum Gasteiger partial charge on any atom is 0.434 e. The van der Waals surface area contributed by atoms with E-state index in [0.29, 0.717) is 5.56 Å². The van der Waals surface area contributed by atoms with Crippen LogP contribution in [0.4, 0.5) is 4.39 Å². The Morgan fingerprint density at radius 3 is 2.55 bits per heavy atom. The smallest absolute Gasteiger partial charge is 0.388 e. The molecule has 2 N–H and O–H groups in total. The van der Waals surface area contributed by atoms with Crippen LogP contribution in [0.2, 0.25) is 0 Å². The van der Waals surface area contributed by atoms with Crippen molar-refractivity contribution >= 4 is 10.9 Å². The summed E-state index contributed by atoms with van der Waals surface area (Å²) in [4.78, 5) is 14.5. The molecule has 4 aromatic rings. The number of hydrogen-bond donors (Lipinski definition) is 2. The minimum absolute atomic E-state index is 0.196. The quantitative estimate of drug-likeness (QED) is 0.595. The Bertz CT molecular complexity index is 1010. The highest BCUT2D eigenvalue weighted by molar-refractivity contribution is 6.01. The topological polar surface area (TPSA) is 74.7 Å². The highest BCUT2D eigenvalue weighted by Gasteiger charge is 2.19. The highest BCUT2D eigenvalue weighted by atomic mass is 19.1. The van der Waals surface area contributed by atoms with Crippen molar-refractivity contribution in [3.63, 3.8) is 0 Å². The molecule has 4 rings (SSSR count). The lowest BCUT2D eigenvalue weighted by Gasteiger charge is -2.01. The predicted molar refractivity (Wildman–Crippen MR) is 79.8 cm³/mol. The largest absolute Gasteiger partial charge is 0.434 e. The van der Waals surface area contributed by atoms with Gasteiger partial charge in [-0.15, -0.1) is 5.10 Å². The number of H-pyrrole nitrogens is 2. The summed E-state index contributed by atoms with van der Waals surface area (Å²) in [7, 11) is 0. The summed E-state index contributed by atoms with van der Waals surface area (Å²) >= 11 is 0. The number of halogens is 1. The van der Waals surface area contributed by atoms with Crippen LogP contribution in [-0.4, -0.2) is 15.2 Å². The second kappa shape index (κ2) is 4.70. The zero-order valence-electron chi connectivity index (χ0n) is 11.3. The van der Waals surface area contributed by atoms with E-state index < -0.39 is 5.76 Å². The van der Waals surface area contributed by atoms with Crippen LogP contribution in [0.15, 0.2) is 57.7 Å². The maximum absolute atomic E-state index is 13.1. The summed E-state index contributed by atoms with van der Waals surface area (Å²) in [5, 5.41) is 7.05. The first-order valence-corrected chi connectivity index (χ1v) is 6.65. The first kappa shape index (κ1) is 12.6. The molecule has 0 saturated heterocycles. The molecule has 108 valence electrons. The molecule has 0 aliphatic rings. The van der Waals surface area contributed by atoms with E-state index in [1.807, 2.05) is 24.3 Å². The minimum atomic E-state index is -0.620. The van der Waals surface area contributed by atoms with Crippen LogP contribution in [0.25, 0.3) is 33.6 Å². The molecule has 0 fully saturated rings. The number of aromatic amines is 2. The first-order chi connectivity index (χ1) is 10.7. The van der Waals surface area contributed by atoms with Gasteiger partial charge in [0.15, 0.2) is 0 Å². The fraction of sp³-hybridized carbons (Fsp3) is 0. The summed E-state index contributed by atoms with van der Waals surface area (Å²) in [6.07, 6.45) is 0. The van der Waals surface area contributed by atoms with E-state index in [-0.39, 0.29) is 11.7 Å². The Morgan fingerprint density at radius 1 is 1.05 bits per heavy atom. The molecule has 0 radical (unpaired) electrons. The van der Waals surface area contributed by atoms with E-state index in [4.69, 9.17) is 4.42 Å². The van der Waals surface area contributed by atoms with Crippen molar-refractivity contribution in [2.75, 3.05) is 0 Å². The summed E-state index contributed by atoms with van der Waals surface area (Å²) in [5.74, 6) is -0.736. The van der Waals surface area contributed by atoms with Gasteiger partial charge in [-0.25, -0.2) is 14.3 Å². The number of aromatic nitrogens is 3. The van der Waals surface area contributed by atoms with Gasteiger partial charge in [-0.3, -0.25) is 0 Å². The minimum Gasteiger partial charge on any atom is -0.388 e. The van der Waals surface area contributed by atoms with E-state index in [0.717, 1.165) is 22.2 Å². The molecule has 2 aromatic heterocycles. The molecule has 6 heteroatoms. The van der Waals surface area contributed by atoms with Gasteiger partial charge in [0.1, 0.15) is 5.82 Å². The zero-order chi connectivity index (χ0) is 15.1. The average Bonchev–Trinajstić information content (AvgIpc) is 3.11. The van der Waals surface area contributed by atoms with E-state index in [2.05, 4.69) is 15.2 Å². The van der Waals surface area contributed by atoms with Crippen LogP contribution in [0.3, 0.4) is 0 Å². The molecule has 2 heterocycles. The average molecular weight is 295 g/mol. The van der Waals surface area contributed by atoms with Gasteiger partial charge in [0.2, 0.25) is 0 Å². The number of nitrogens with zero attached hydrogens (tertiary/aromatic N) is 1. The molecular weight excluding hydrogens is 285 g/mol. The molecule has 2 aromatic carbocycles.